The van der Waals surface area contributed by atoms with Crippen molar-refractivity contribution >= 4 is 12.0 Å². The van der Waals surface area contributed by atoms with Crippen LogP contribution in [-0.2, 0) is 11.3 Å². The zero-order chi connectivity index (χ0) is 18.1. The summed E-state index contributed by atoms with van der Waals surface area (Å²) in [5.74, 6) is -0.0580. The summed E-state index contributed by atoms with van der Waals surface area (Å²) in [5, 5.41) is 21.4. The molecule has 0 atom stereocenters. The van der Waals surface area contributed by atoms with Crippen molar-refractivity contribution in [3.8, 4) is 17.6 Å². The number of nitriles is 1. The van der Waals surface area contributed by atoms with Crippen LogP contribution in [0.5, 0.6) is 11.5 Å². The van der Waals surface area contributed by atoms with Crippen LogP contribution in [0.3, 0.4) is 0 Å². The number of amides is 1. The summed E-state index contributed by atoms with van der Waals surface area (Å²) in [5.41, 5.74) is 1.66. The van der Waals surface area contributed by atoms with Crippen LogP contribution in [0, 0.1) is 11.3 Å². The number of phenols is 1. The molecule has 0 radical (unpaired) electrons. The predicted molar refractivity (Wildman–Crippen MR) is 93.5 cm³/mol. The van der Waals surface area contributed by atoms with E-state index >= 15 is 0 Å². The summed E-state index contributed by atoms with van der Waals surface area (Å²) in [7, 11) is 1.46. The number of aromatic hydroxyl groups is 1. The Morgan fingerprint density at radius 2 is 2.12 bits per heavy atom. The fourth-order valence-electron chi connectivity index (χ4n) is 2.00. The van der Waals surface area contributed by atoms with E-state index in [4.69, 9.17) is 10.00 Å². The lowest BCUT2D eigenvalue weighted by Crippen LogP contribution is -2.23. The minimum Gasteiger partial charge on any atom is -0.504 e. The van der Waals surface area contributed by atoms with Crippen LogP contribution < -0.4 is 10.1 Å². The second kappa shape index (κ2) is 8.89. The Bertz CT molecular complexity index is 837. The standard InChI is InChI=1S/C19H17N3O3/c1-25-18-11-14(5-6-17(18)23)3-2-4-16(12-20)19(24)22-13-15-7-9-21-10-8-15/h2-11,23H,13H2,1H3,(H,22,24)/b3-2+,16-4+. The van der Waals surface area contributed by atoms with Gasteiger partial charge in [-0.15, -0.1) is 0 Å². The Kier molecular flexibility index (Phi) is 6.32. The molecule has 0 unspecified atom stereocenters. The van der Waals surface area contributed by atoms with Crippen molar-refractivity contribution in [3.63, 3.8) is 0 Å². The van der Waals surface area contributed by atoms with Gasteiger partial charge in [0.05, 0.1) is 7.11 Å². The molecule has 0 bridgehead atoms. The highest BCUT2D eigenvalue weighted by molar-refractivity contribution is 5.97. The number of nitrogens with zero attached hydrogens (tertiary/aromatic N) is 2. The maximum Gasteiger partial charge on any atom is 0.262 e. The van der Waals surface area contributed by atoms with Gasteiger partial charge >= 0.3 is 0 Å². The van der Waals surface area contributed by atoms with E-state index in [9.17, 15) is 9.90 Å². The van der Waals surface area contributed by atoms with Gasteiger partial charge in [-0.05, 0) is 41.5 Å². The number of benzene rings is 1. The maximum absolute atomic E-state index is 12.0. The summed E-state index contributed by atoms with van der Waals surface area (Å²) in [6, 6.07) is 10.3. The van der Waals surface area contributed by atoms with Gasteiger partial charge in [0.1, 0.15) is 11.6 Å². The van der Waals surface area contributed by atoms with Crippen molar-refractivity contribution in [3.05, 3.63) is 71.6 Å². The van der Waals surface area contributed by atoms with E-state index in [1.807, 2.05) is 6.07 Å². The highest BCUT2D eigenvalue weighted by Crippen LogP contribution is 2.26. The van der Waals surface area contributed by atoms with E-state index in [2.05, 4.69) is 10.3 Å². The number of allylic oxidation sites excluding steroid dienone is 2. The number of ether oxygens (including phenoxy) is 1. The third-order valence-electron chi connectivity index (χ3n) is 3.32. The molecule has 6 nitrogen and oxygen atoms in total. The van der Waals surface area contributed by atoms with Gasteiger partial charge < -0.3 is 15.2 Å². The number of methoxy groups -OCH3 is 1. The van der Waals surface area contributed by atoms with Crippen molar-refractivity contribution < 1.29 is 14.6 Å². The Morgan fingerprint density at radius 1 is 1.36 bits per heavy atom. The molecule has 1 amide bonds. The van der Waals surface area contributed by atoms with Gasteiger partial charge in [-0.25, -0.2) is 0 Å². The summed E-state index contributed by atoms with van der Waals surface area (Å²) in [4.78, 5) is 15.9. The molecule has 25 heavy (non-hydrogen) atoms. The van der Waals surface area contributed by atoms with E-state index < -0.39 is 5.91 Å². The van der Waals surface area contributed by atoms with Crippen LogP contribution in [0.1, 0.15) is 11.1 Å². The number of nitrogens with one attached hydrogen (secondary N) is 1. The first-order valence-electron chi connectivity index (χ1n) is 7.46. The topological polar surface area (TPSA) is 95.2 Å². The zero-order valence-corrected chi connectivity index (χ0v) is 13.6. The van der Waals surface area contributed by atoms with Gasteiger partial charge in [0, 0.05) is 18.9 Å². The molecule has 2 N–H and O–H groups in total. The van der Waals surface area contributed by atoms with Gasteiger partial charge in [-0.2, -0.15) is 5.26 Å². The fourth-order valence-corrected chi connectivity index (χ4v) is 2.00. The number of hydrogen-bond donors (Lipinski definition) is 2. The first-order chi connectivity index (χ1) is 12.1. The molecule has 0 aliphatic carbocycles. The summed E-state index contributed by atoms with van der Waals surface area (Å²) in [6.45, 7) is 0.319. The molecular weight excluding hydrogens is 318 g/mol. The molecule has 0 spiro atoms. The van der Waals surface area contributed by atoms with E-state index in [-0.39, 0.29) is 11.3 Å². The van der Waals surface area contributed by atoms with Gasteiger partial charge in [0.15, 0.2) is 11.5 Å². The Balaban J connectivity index is 2.01. The molecule has 0 saturated heterocycles. The van der Waals surface area contributed by atoms with Crippen LogP contribution in [-0.4, -0.2) is 23.1 Å². The van der Waals surface area contributed by atoms with E-state index in [1.165, 1.54) is 19.3 Å². The van der Waals surface area contributed by atoms with Gasteiger partial charge in [0.2, 0.25) is 0 Å². The number of aromatic nitrogens is 1. The second-order valence-corrected chi connectivity index (χ2v) is 5.02. The van der Waals surface area contributed by atoms with Crippen molar-refractivity contribution in [1.29, 1.82) is 5.26 Å². The molecule has 0 aliphatic heterocycles. The van der Waals surface area contributed by atoms with Crippen molar-refractivity contribution in [2.24, 2.45) is 0 Å². The van der Waals surface area contributed by atoms with E-state index in [1.54, 1.807) is 48.8 Å². The van der Waals surface area contributed by atoms with Crippen LogP contribution in [0.15, 0.2) is 60.5 Å². The smallest absolute Gasteiger partial charge is 0.262 e. The molecule has 2 rings (SSSR count). The normalized spacial score (nSPS) is 11.1. The SMILES string of the molecule is COc1cc(/C=C/C=C(\C#N)C(=O)NCc2ccncc2)ccc1O. The first kappa shape index (κ1) is 17.8. The number of carbonyl (C=O) groups excluding carboxylic acids is 1. The number of rotatable bonds is 6. The lowest BCUT2D eigenvalue weighted by molar-refractivity contribution is -0.117. The highest BCUT2D eigenvalue weighted by Gasteiger charge is 2.07. The fraction of sp³-hybridized carbons (Fsp3) is 0.105. The van der Waals surface area contributed by atoms with Crippen LogP contribution in [0.2, 0.25) is 0 Å². The van der Waals surface area contributed by atoms with Crippen LogP contribution >= 0.6 is 0 Å². The van der Waals surface area contributed by atoms with Gasteiger partial charge in [0.25, 0.3) is 5.91 Å². The van der Waals surface area contributed by atoms with E-state index in [0.29, 0.717) is 12.3 Å². The molecule has 126 valence electrons. The largest absolute Gasteiger partial charge is 0.504 e. The molecule has 6 heteroatoms. The van der Waals surface area contributed by atoms with Gasteiger partial charge in [-0.3, -0.25) is 9.78 Å². The number of hydrogen-bond acceptors (Lipinski definition) is 5. The van der Waals surface area contributed by atoms with Crippen molar-refractivity contribution in [2.75, 3.05) is 7.11 Å². The lowest BCUT2D eigenvalue weighted by Gasteiger charge is -2.04. The minimum atomic E-state index is -0.452. The third-order valence-corrected chi connectivity index (χ3v) is 3.32. The quantitative estimate of drug-likeness (QED) is 0.480. The number of carbonyl (C=O) groups is 1. The Labute approximate surface area is 145 Å². The monoisotopic (exact) mass is 335 g/mol. The lowest BCUT2D eigenvalue weighted by atomic mass is 10.1. The van der Waals surface area contributed by atoms with Gasteiger partial charge in [-0.1, -0.05) is 18.2 Å². The molecule has 1 heterocycles. The summed E-state index contributed by atoms with van der Waals surface area (Å²) >= 11 is 0. The van der Waals surface area contributed by atoms with Crippen molar-refractivity contribution in [2.45, 2.75) is 6.54 Å². The Morgan fingerprint density at radius 3 is 2.80 bits per heavy atom. The average Bonchev–Trinajstić information content (AvgIpc) is 2.65. The highest BCUT2D eigenvalue weighted by atomic mass is 16.5. The van der Waals surface area contributed by atoms with Crippen LogP contribution in [0.25, 0.3) is 6.08 Å². The molecule has 1 aromatic heterocycles. The summed E-state index contributed by atoms with van der Waals surface area (Å²) in [6.07, 6.45) is 8.00. The maximum atomic E-state index is 12.0. The number of phenolic OH excluding ortho intramolecular Hbond substituents is 1. The average molecular weight is 335 g/mol. The second-order valence-electron chi connectivity index (χ2n) is 5.02. The van der Waals surface area contributed by atoms with Crippen LogP contribution in [0.4, 0.5) is 0 Å². The Hall–Kier alpha value is -3.59. The summed E-state index contributed by atoms with van der Waals surface area (Å²) < 4.78 is 5.03. The molecule has 0 aliphatic rings. The molecule has 0 fully saturated rings. The molecule has 1 aromatic carbocycles. The van der Waals surface area contributed by atoms with Crippen molar-refractivity contribution in [1.82, 2.24) is 10.3 Å². The predicted octanol–water partition coefficient (Wildman–Crippen LogP) is 2.58. The molecule has 2 aromatic rings. The first-order valence-corrected chi connectivity index (χ1v) is 7.46. The zero-order valence-electron chi connectivity index (χ0n) is 13.6. The number of pyridine rings is 1. The minimum absolute atomic E-state index is 0.00366. The molecular formula is C19H17N3O3. The molecule has 0 saturated carbocycles. The van der Waals surface area contributed by atoms with E-state index in [0.717, 1.165) is 11.1 Å². The third kappa shape index (κ3) is 5.22.